The first-order valence-electron chi connectivity index (χ1n) is 5.77. The molecule has 1 aromatic rings. The van der Waals surface area contributed by atoms with Crippen molar-refractivity contribution in [3.8, 4) is 6.07 Å². The molecule has 1 aromatic carbocycles. The summed E-state index contributed by atoms with van der Waals surface area (Å²) in [4.78, 5) is 13.3. The Labute approximate surface area is 134 Å². The fourth-order valence-corrected chi connectivity index (χ4v) is 1.88. The SMILES string of the molecule is Cl.ClCCl.N#Cc1cccc(CN2CC[C@H](N)C2=O)c1. The number of nitrogens with zero attached hydrogens (tertiary/aromatic N) is 2. The molecule has 0 spiro atoms. The summed E-state index contributed by atoms with van der Waals surface area (Å²) < 4.78 is 0. The maximum absolute atomic E-state index is 11.6. The van der Waals surface area contributed by atoms with Crippen LogP contribution < -0.4 is 5.73 Å². The normalized spacial score (nSPS) is 16.8. The van der Waals surface area contributed by atoms with Crippen molar-refractivity contribution in [1.82, 2.24) is 4.90 Å². The molecule has 0 bridgehead atoms. The number of amides is 1. The van der Waals surface area contributed by atoms with E-state index in [1.165, 1.54) is 0 Å². The van der Waals surface area contributed by atoms with E-state index in [2.05, 4.69) is 6.07 Å². The van der Waals surface area contributed by atoms with Crippen LogP contribution in [0.4, 0.5) is 0 Å². The molecule has 7 heteroatoms. The number of carbonyl (C=O) groups excluding carboxylic acids is 1. The van der Waals surface area contributed by atoms with Gasteiger partial charge in [0.15, 0.2) is 0 Å². The summed E-state index contributed by atoms with van der Waals surface area (Å²) in [6.45, 7) is 1.25. The third kappa shape index (κ3) is 5.56. The monoisotopic (exact) mass is 335 g/mol. The van der Waals surface area contributed by atoms with E-state index in [0.717, 1.165) is 12.0 Å². The number of carbonyl (C=O) groups is 1. The second kappa shape index (κ2) is 9.84. The van der Waals surface area contributed by atoms with Gasteiger partial charge in [-0.25, -0.2) is 0 Å². The fourth-order valence-electron chi connectivity index (χ4n) is 1.88. The molecule has 1 fully saturated rings. The maximum Gasteiger partial charge on any atom is 0.239 e. The number of alkyl halides is 2. The molecular formula is C13H16Cl3N3O. The summed E-state index contributed by atoms with van der Waals surface area (Å²) in [5.74, 6) is 0.00219. The van der Waals surface area contributed by atoms with Crippen LogP contribution in [-0.2, 0) is 11.3 Å². The second-order valence-electron chi connectivity index (χ2n) is 4.07. The van der Waals surface area contributed by atoms with E-state index in [0.29, 0.717) is 18.7 Å². The zero-order valence-electron chi connectivity index (χ0n) is 10.8. The van der Waals surface area contributed by atoms with Gasteiger partial charge < -0.3 is 10.6 Å². The van der Waals surface area contributed by atoms with Gasteiger partial charge in [0.2, 0.25) is 5.91 Å². The zero-order chi connectivity index (χ0) is 14.3. The largest absolute Gasteiger partial charge is 0.337 e. The lowest BCUT2D eigenvalue weighted by molar-refractivity contribution is -0.129. The van der Waals surface area contributed by atoms with Crippen LogP contribution >= 0.6 is 35.6 Å². The van der Waals surface area contributed by atoms with Crippen molar-refractivity contribution in [2.45, 2.75) is 19.0 Å². The number of rotatable bonds is 2. The highest BCUT2D eigenvalue weighted by Crippen LogP contribution is 2.14. The van der Waals surface area contributed by atoms with E-state index < -0.39 is 0 Å². The van der Waals surface area contributed by atoms with Crippen molar-refractivity contribution in [3.05, 3.63) is 35.4 Å². The number of nitriles is 1. The molecule has 1 atom stereocenters. The highest BCUT2D eigenvalue weighted by Gasteiger charge is 2.28. The number of benzene rings is 1. The third-order valence-electron chi connectivity index (χ3n) is 2.77. The Morgan fingerprint density at radius 2 is 2.10 bits per heavy atom. The quantitative estimate of drug-likeness (QED) is 0.843. The van der Waals surface area contributed by atoms with Gasteiger partial charge in [0, 0.05) is 13.1 Å². The Hall–Kier alpha value is -0.990. The summed E-state index contributed by atoms with van der Waals surface area (Å²) in [5.41, 5.74) is 7.23. The summed E-state index contributed by atoms with van der Waals surface area (Å²) >= 11 is 9.53. The Bertz CT molecular complexity index is 476. The summed E-state index contributed by atoms with van der Waals surface area (Å²) in [7, 11) is 0. The zero-order valence-corrected chi connectivity index (χ0v) is 13.1. The van der Waals surface area contributed by atoms with E-state index in [1.54, 1.807) is 17.0 Å². The highest BCUT2D eigenvalue weighted by molar-refractivity contribution is 6.40. The minimum Gasteiger partial charge on any atom is -0.337 e. The van der Waals surface area contributed by atoms with E-state index in [9.17, 15) is 4.79 Å². The van der Waals surface area contributed by atoms with Gasteiger partial charge in [-0.15, -0.1) is 35.6 Å². The molecule has 4 nitrogen and oxygen atoms in total. The van der Waals surface area contributed by atoms with Crippen LogP contribution in [-0.4, -0.2) is 28.7 Å². The van der Waals surface area contributed by atoms with Gasteiger partial charge in [0.25, 0.3) is 0 Å². The van der Waals surface area contributed by atoms with Gasteiger partial charge in [-0.2, -0.15) is 5.26 Å². The van der Waals surface area contributed by atoms with Crippen LogP contribution in [0.5, 0.6) is 0 Å². The summed E-state index contributed by atoms with van der Waals surface area (Å²) in [5, 5.41) is 8.96. The van der Waals surface area contributed by atoms with E-state index in [1.807, 2.05) is 12.1 Å². The molecule has 0 unspecified atom stereocenters. The van der Waals surface area contributed by atoms with Crippen molar-refractivity contribution in [2.24, 2.45) is 5.73 Å². The van der Waals surface area contributed by atoms with Crippen LogP contribution in [0.2, 0.25) is 0 Å². The van der Waals surface area contributed by atoms with Crippen LogP contribution in [0.15, 0.2) is 24.3 Å². The summed E-state index contributed by atoms with van der Waals surface area (Å²) in [6, 6.07) is 9.03. The molecule has 2 rings (SSSR count). The Balaban J connectivity index is 0.000000830. The van der Waals surface area contributed by atoms with Gasteiger partial charge in [0.1, 0.15) is 0 Å². The van der Waals surface area contributed by atoms with Crippen LogP contribution in [0.3, 0.4) is 0 Å². The lowest BCUT2D eigenvalue weighted by Gasteiger charge is -2.15. The second-order valence-corrected chi connectivity index (χ2v) is 4.88. The molecule has 1 aliphatic heterocycles. The van der Waals surface area contributed by atoms with Gasteiger partial charge in [-0.05, 0) is 24.1 Å². The predicted molar refractivity (Wildman–Crippen MR) is 83.0 cm³/mol. The molecule has 0 radical (unpaired) electrons. The maximum atomic E-state index is 11.6. The molecule has 1 amide bonds. The molecule has 1 heterocycles. The smallest absolute Gasteiger partial charge is 0.239 e. The number of hydrogen-bond donors (Lipinski definition) is 1. The van der Waals surface area contributed by atoms with E-state index in [-0.39, 0.29) is 29.7 Å². The summed E-state index contributed by atoms with van der Waals surface area (Å²) in [6.07, 6.45) is 0.719. The molecule has 0 saturated carbocycles. The molecule has 2 N–H and O–H groups in total. The third-order valence-corrected chi connectivity index (χ3v) is 2.77. The molecule has 20 heavy (non-hydrogen) atoms. The highest BCUT2D eigenvalue weighted by atomic mass is 35.5. The van der Waals surface area contributed by atoms with Gasteiger partial charge in [0.05, 0.1) is 23.0 Å². The number of hydrogen-bond acceptors (Lipinski definition) is 3. The molecular weight excluding hydrogens is 321 g/mol. The first kappa shape index (κ1) is 19.0. The number of likely N-dealkylation sites (tertiary alicyclic amines) is 1. The van der Waals surface area contributed by atoms with Crippen molar-refractivity contribution in [3.63, 3.8) is 0 Å². The van der Waals surface area contributed by atoms with Crippen molar-refractivity contribution >= 4 is 41.5 Å². The van der Waals surface area contributed by atoms with Crippen molar-refractivity contribution in [2.75, 3.05) is 11.9 Å². The lowest BCUT2D eigenvalue weighted by Crippen LogP contribution is -2.33. The minimum absolute atomic E-state index is 0. The average molecular weight is 337 g/mol. The molecule has 0 aromatic heterocycles. The molecule has 0 aliphatic carbocycles. The predicted octanol–water partition coefficient (Wildman–Crippen LogP) is 2.46. The lowest BCUT2D eigenvalue weighted by atomic mass is 10.1. The Kier molecular flexibility index (Phi) is 9.35. The minimum atomic E-state index is -0.348. The van der Waals surface area contributed by atoms with E-state index >= 15 is 0 Å². The van der Waals surface area contributed by atoms with Crippen LogP contribution in [0.25, 0.3) is 0 Å². The van der Waals surface area contributed by atoms with Crippen molar-refractivity contribution in [1.29, 1.82) is 5.26 Å². The van der Waals surface area contributed by atoms with Gasteiger partial charge in [-0.3, -0.25) is 4.79 Å². The van der Waals surface area contributed by atoms with Gasteiger partial charge in [-0.1, -0.05) is 12.1 Å². The first-order valence-corrected chi connectivity index (χ1v) is 6.84. The fraction of sp³-hybridized carbons (Fsp3) is 0.385. The Morgan fingerprint density at radius 1 is 1.45 bits per heavy atom. The Morgan fingerprint density at radius 3 is 2.60 bits per heavy atom. The standard InChI is InChI=1S/C12H13N3O.CH2Cl2.ClH/c13-7-9-2-1-3-10(6-9)8-15-5-4-11(14)12(15)16;2-1-3;/h1-3,6,11H,4-5,8,14H2;1H2;1H/t11-;;/m0../s1. The van der Waals surface area contributed by atoms with E-state index in [4.69, 9.17) is 34.2 Å². The van der Waals surface area contributed by atoms with Crippen LogP contribution in [0, 0.1) is 11.3 Å². The molecule has 1 saturated heterocycles. The van der Waals surface area contributed by atoms with Crippen LogP contribution in [0.1, 0.15) is 17.5 Å². The van der Waals surface area contributed by atoms with Gasteiger partial charge >= 0.3 is 0 Å². The van der Waals surface area contributed by atoms with Crippen molar-refractivity contribution < 1.29 is 4.79 Å². The average Bonchev–Trinajstić information content (AvgIpc) is 2.72. The molecule has 110 valence electrons. The molecule has 1 aliphatic rings. The number of nitrogens with two attached hydrogens (primary N) is 1. The number of halogens is 3. The first-order chi connectivity index (χ1) is 9.12. The topological polar surface area (TPSA) is 70.1 Å².